The van der Waals surface area contributed by atoms with E-state index in [1.807, 2.05) is 31.2 Å². The summed E-state index contributed by atoms with van der Waals surface area (Å²) in [5.41, 5.74) is 2.76. The number of fused-ring (bicyclic) bond motifs is 1. The molecule has 7 nitrogen and oxygen atoms in total. The average molecular weight is 491 g/mol. The molecule has 1 aliphatic rings. The van der Waals surface area contributed by atoms with Gasteiger partial charge in [0.1, 0.15) is 18.2 Å². The summed E-state index contributed by atoms with van der Waals surface area (Å²) in [5, 5.41) is 12.9. The first-order chi connectivity index (χ1) is 17.0. The number of nitriles is 1. The quantitative estimate of drug-likeness (QED) is 0.312. The summed E-state index contributed by atoms with van der Waals surface area (Å²) in [6.07, 6.45) is 1.50. The highest BCUT2D eigenvalue weighted by Crippen LogP contribution is 2.34. The molecule has 1 N–H and O–H groups in total. The Balaban J connectivity index is 1.51. The van der Waals surface area contributed by atoms with E-state index in [4.69, 9.17) is 30.5 Å². The molecule has 0 aromatic heterocycles. The summed E-state index contributed by atoms with van der Waals surface area (Å²) >= 11 is 6.12. The van der Waals surface area contributed by atoms with Crippen molar-refractivity contribution in [2.45, 2.75) is 20.5 Å². The number of hydrogen-bond acceptors (Lipinski definition) is 6. The Morgan fingerprint density at radius 3 is 2.74 bits per heavy atom. The van der Waals surface area contributed by atoms with Gasteiger partial charge in [0.05, 0.1) is 6.61 Å². The van der Waals surface area contributed by atoms with E-state index in [9.17, 15) is 10.1 Å². The molecule has 178 valence electrons. The van der Waals surface area contributed by atoms with Gasteiger partial charge in [-0.1, -0.05) is 29.8 Å². The summed E-state index contributed by atoms with van der Waals surface area (Å²) in [5.74, 6) is 1.91. The molecule has 3 aromatic rings. The van der Waals surface area contributed by atoms with Crippen LogP contribution in [0.25, 0.3) is 6.08 Å². The van der Waals surface area contributed by atoms with Crippen molar-refractivity contribution in [2.75, 3.05) is 18.7 Å². The lowest BCUT2D eigenvalue weighted by atomic mass is 10.1. The van der Waals surface area contributed by atoms with Crippen LogP contribution in [0.3, 0.4) is 0 Å². The van der Waals surface area contributed by atoms with Crippen molar-refractivity contribution < 1.29 is 23.7 Å². The van der Waals surface area contributed by atoms with Gasteiger partial charge in [-0.25, -0.2) is 0 Å². The second-order valence-corrected chi connectivity index (χ2v) is 8.06. The number of nitrogens with zero attached hydrogens (tertiary/aromatic N) is 1. The number of ether oxygens (including phenoxy) is 4. The number of rotatable bonds is 8. The predicted octanol–water partition coefficient (Wildman–Crippen LogP) is 5.90. The lowest BCUT2D eigenvalue weighted by Gasteiger charge is -2.13. The lowest BCUT2D eigenvalue weighted by Crippen LogP contribution is -2.14. The van der Waals surface area contributed by atoms with Crippen LogP contribution in [0.4, 0.5) is 5.69 Å². The van der Waals surface area contributed by atoms with E-state index in [1.54, 1.807) is 43.3 Å². The molecule has 0 spiro atoms. The Hall–Kier alpha value is -4.15. The van der Waals surface area contributed by atoms with E-state index in [2.05, 4.69) is 5.32 Å². The third-order valence-electron chi connectivity index (χ3n) is 5.29. The van der Waals surface area contributed by atoms with E-state index in [0.29, 0.717) is 52.5 Å². The molecule has 4 rings (SSSR count). The molecule has 0 atom stereocenters. The number of halogens is 1. The number of amides is 1. The Morgan fingerprint density at radius 2 is 1.94 bits per heavy atom. The van der Waals surface area contributed by atoms with Crippen molar-refractivity contribution in [3.8, 4) is 29.1 Å². The SMILES string of the molecule is CCOc1cc(/C=C(\C#N)C(=O)Nc2cccc(Cl)c2C)ccc1OCc1ccc2c(c1)OCO2. The van der Waals surface area contributed by atoms with Gasteiger partial charge < -0.3 is 24.3 Å². The average Bonchev–Trinajstić information content (AvgIpc) is 3.33. The van der Waals surface area contributed by atoms with Crippen LogP contribution in [0.1, 0.15) is 23.6 Å². The molecule has 1 aliphatic heterocycles. The molecule has 8 heteroatoms. The van der Waals surface area contributed by atoms with Crippen LogP contribution in [-0.4, -0.2) is 19.3 Å². The van der Waals surface area contributed by atoms with Crippen LogP contribution in [0, 0.1) is 18.3 Å². The maximum Gasteiger partial charge on any atom is 0.266 e. The van der Waals surface area contributed by atoms with Crippen LogP contribution >= 0.6 is 11.6 Å². The van der Waals surface area contributed by atoms with Gasteiger partial charge in [0.25, 0.3) is 5.91 Å². The fourth-order valence-corrected chi connectivity index (χ4v) is 3.62. The first-order valence-corrected chi connectivity index (χ1v) is 11.3. The molecular formula is C27H23ClN2O5. The number of anilines is 1. The van der Waals surface area contributed by atoms with Crippen molar-refractivity contribution in [1.29, 1.82) is 5.26 Å². The molecular weight excluding hydrogens is 468 g/mol. The van der Waals surface area contributed by atoms with Gasteiger partial charge in [-0.05, 0) is 73.0 Å². The van der Waals surface area contributed by atoms with Gasteiger partial charge in [-0.2, -0.15) is 5.26 Å². The van der Waals surface area contributed by atoms with Crippen molar-refractivity contribution in [1.82, 2.24) is 0 Å². The molecule has 3 aromatic carbocycles. The normalized spacial score (nSPS) is 12.1. The smallest absolute Gasteiger partial charge is 0.266 e. The van der Waals surface area contributed by atoms with Gasteiger partial charge in [-0.3, -0.25) is 4.79 Å². The molecule has 0 aliphatic carbocycles. The minimum absolute atomic E-state index is 0.0548. The van der Waals surface area contributed by atoms with Gasteiger partial charge in [0.2, 0.25) is 6.79 Å². The van der Waals surface area contributed by atoms with Gasteiger partial charge in [-0.15, -0.1) is 0 Å². The summed E-state index contributed by atoms with van der Waals surface area (Å²) in [4.78, 5) is 12.7. The molecule has 0 radical (unpaired) electrons. The number of hydrogen-bond donors (Lipinski definition) is 1. The third-order valence-corrected chi connectivity index (χ3v) is 5.70. The number of nitrogens with one attached hydrogen (secondary N) is 1. The maximum absolute atomic E-state index is 12.7. The van der Waals surface area contributed by atoms with Crippen LogP contribution in [0.15, 0.2) is 60.2 Å². The number of carbonyl (C=O) groups excluding carboxylic acids is 1. The summed E-state index contributed by atoms with van der Waals surface area (Å²) in [6, 6.07) is 18.0. The first-order valence-electron chi connectivity index (χ1n) is 10.9. The molecule has 0 bridgehead atoms. The number of carbonyl (C=O) groups is 1. The molecule has 0 unspecified atom stereocenters. The van der Waals surface area contributed by atoms with Crippen LogP contribution < -0.4 is 24.3 Å². The Morgan fingerprint density at radius 1 is 1.11 bits per heavy atom. The molecule has 1 heterocycles. The molecule has 1 amide bonds. The molecule has 35 heavy (non-hydrogen) atoms. The van der Waals surface area contributed by atoms with Gasteiger partial charge in [0, 0.05) is 10.7 Å². The van der Waals surface area contributed by atoms with E-state index in [0.717, 1.165) is 11.1 Å². The van der Waals surface area contributed by atoms with Gasteiger partial charge in [0.15, 0.2) is 23.0 Å². The summed E-state index contributed by atoms with van der Waals surface area (Å²) < 4.78 is 22.5. The third kappa shape index (κ3) is 5.68. The zero-order chi connectivity index (χ0) is 24.8. The van der Waals surface area contributed by atoms with Crippen LogP contribution in [0.2, 0.25) is 5.02 Å². The molecule has 0 saturated heterocycles. The topological polar surface area (TPSA) is 89.8 Å². The minimum Gasteiger partial charge on any atom is -0.490 e. The predicted molar refractivity (Wildman–Crippen MR) is 133 cm³/mol. The highest BCUT2D eigenvalue weighted by molar-refractivity contribution is 6.31. The maximum atomic E-state index is 12.7. The fourth-order valence-electron chi connectivity index (χ4n) is 3.44. The highest BCUT2D eigenvalue weighted by atomic mass is 35.5. The van der Waals surface area contributed by atoms with E-state index in [1.165, 1.54) is 6.08 Å². The number of benzene rings is 3. The lowest BCUT2D eigenvalue weighted by molar-refractivity contribution is -0.112. The van der Waals surface area contributed by atoms with Crippen molar-refractivity contribution >= 4 is 29.3 Å². The second-order valence-electron chi connectivity index (χ2n) is 7.65. The zero-order valence-electron chi connectivity index (χ0n) is 19.3. The Bertz CT molecular complexity index is 1330. The van der Waals surface area contributed by atoms with Crippen molar-refractivity contribution in [3.63, 3.8) is 0 Å². The second kappa shape index (κ2) is 10.9. The van der Waals surface area contributed by atoms with Gasteiger partial charge >= 0.3 is 0 Å². The van der Waals surface area contributed by atoms with E-state index in [-0.39, 0.29) is 12.4 Å². The molecule has 0 fully saturated rings. The first kappa shape index (κ1) is 24.0. The summed E-state index contributed by atoms with van der Waals surface area (Å²) in [6.45, 7) is 4.60. The standard InChI is InChI=1S/C27H23ClN2O5/c1-3-32-25-12-18(11-20(14-29)27(31)30-22-6-4-5-21(28)17(22)2)7-9-23(25)33-15-19-8-10-24-26(13-19)35-16-34-24/h4-13H,3,15-16H2,1-2H3,(H,30,31)/b20-11+. The Labute approximate surface area is 208 Å². The molecule has 0 saturated carbocycles. The van der Waals surface area contributed by atoms with Crippen molar-refractivity contribution in [2.24, 2.45) is 0 Å². The zero-order valence-corrected chi connectivity index (χ0v) is 20.0. The fraction of sp³-hybridized carbons (Fsp3) is 0.185. The monoisotopic (exact) mass is 490 g/mol. The van der Waals surface area contributed by atoms with Crippen molar-refractivity contribution in [3.05, 3.63) is 81.9 Å². The van der Waals surface area contributed by atoms with E-state index >= 15 is 0 Å². The minimum atomic E-state index is -0.529. The summed E-state index contributed by atoms with van der Waals surface area (Å²) in [7, 11) is 0. The van der Waals surface area contributed by atoms with Crippen LogP contribution in [0.5, 0.6) is 23.0 Å². The van der Waals surface area contributed by atoms with E-state index < -0.39 is 5.91 Å². The largest absolute Gasteiger partial charge is 0.490 e. The van der Waals surface area contributed by atoms with Crippen LogP contribution in [-0.2, 0) is 11.4 Å². The Kier molecular flexibility index (Phi) is 7.44. The highest BCUT2D eigenvalue weighted by Gasteiger charge is 2.15.